The summed E-state index contributed by atoms with van der Waals surface area (Å²) < 4.78 is 7.12. The predicted octanol–water partition coefficient (Wildman–Crippen LogP) is 1.64. The second-order valence-corrected chi connectivity index (χ2v) is 4.49. The molecule has 1 heterocycles. The first-order chi connectivity index (χ1) is 8.81. The van der Waals surface area contributed by atoms with Crippen molar-refractivity contribution >= 4 is 0 Å². The van der Waals surface area contributed by atoms with Gasteiger partial charge in [0.25, 0.3) is 0 Å². The van der Waals surface area contributed by atoms with Crippen LogP contribution in [-0.2, 0) is 17.7 Å². The Labute approximate surface area is 110 Å². The molecule has 0 aliphatic rings. The minimum absolute atomic E-state index is 0.463. The number of likely N-dealkylation sites (N-methyl/N-ethyl adjacent to an activating group) is 1. The van der Waals surface area contributed by atoms with Crippen LogP contribution in [-0.4, -0.2) is 41.1 Å². The third kappa shape index (κ3) is 5.14. The van der Waals surface area contributed by atoms with E-state index in [2.05, 4.69) is 29.2 Å². The molecule has 5 heteroatoms. The second-order valence-electron chi connectivity index (χ2n) is 4.49. The lowest BCUT2D eigenvalue weighted by molar-refractivity contribution is 0.188. The number of aryl methyl sites for hydroxylation is 1. The van der Waals surface area contributed by atoms with Crippen molar-refractivity contribution in [2.75, 3.05) is 20.3 Å². The van der Waals surface area contributed by atoms with Crippen LogP contribution in [0.1, 0.15) is 38.9 Å². The zero-order valence-electron chi connectivity index (χ0n) is 11.9. The van der Waals surface area contributed by atoms with E-state index in [1.807, 2.05) is 4.68 Å². The van der Waals surface area contributed by atoms with Crippen LogP contribution in [0.5, 0.6) is 0 Å². The van der Waals surface area contributed by atoms with Crippen LogP contribution in [0.2, 0.25) is 0 Å². The van der Waals surface area contributed by atoms with Crippen LogP contribution >= 0.6 is 0 Å². The fourth-order valence-electron chi connectivity index (χ4n) is 2.10. The maximum Gasteiger partial charge on any atom is 0.138 e. The summed E-state index contributed by atoms with van der Waals surface area (Å²) in [4.78, 5) is 4.37. The third-order valence-corrected chi connectivity index (χ3v) is 2.95. The zero-order chi connectivity index (χ0) is 13.2. The van der Waals surface area contributed by atoms with Crippen LogP contribution in [0.15, 0.2) is 6.33 Å². The first kappa shape index (κ1) is 15.1. The van der Waals surface area contributed by atoms with Gasteiger partial charge in [0, 0.05) is 32.7 Å². The number of ether oxygens (including phenoxy) is 1. The van der Waals surface area contributed by atoms with E-state index in [1.165, 1.54) is 0 Å². The van der Waals surface area contributed by atoms with Gasteiger partial charge in [-0.25, -0.2) is 4.98 Å². The van der Waals surface area contributed by atoms with Crippen molar-refractivity contribution < 1.29 is 4.74 Å². The summed E-state index contributed by atoms with van der Waals surface area (Å²) >= 11 is 0. The van der Waals surface area contributed by atoms with Gasteiger partial charge in [-0.2, -0.15) is 5.10 Å². The molecule has 1 aromatic rings. The highest BCUT2D eigenvalue weighted by Gasteiger charge is 2.12. The first-order valence-corrected chi connectivity index (χ1v) is 6.90. The molecule has 0 saturated heterocycles. The molecule has 0 bridgehead atoms. The van der Waals surface area contributed by atoms with E-state index in [1.54, 1.807) is 13.4 Å². The van der Waals surface area contributed by atoms with Gasteiger partial charge in [-0.15, -0.1) is 0 Å². The van der Waals surface area contributed by atoms with E-state index in [-0.39, 0.29) is 0 Å². The van der Waals surface area contributed by atoms with Crippen LogP contribution in [0.4, 0.5) is 0 Å². The third-order valence-electron chi connectivity index (χ3n) is 2.95. The molecule has 1 atom stereocenters. The van der Waals surface area contributed by atoms with Gasteiger partial charge in [0.15, 0.2) is 0 Å². The Hall–Kier alpha value is -0.940. The van der Waals surface area contributed by atoms with Crippen molar-refractivity contribution in [2.45, 2.75) is 52.1 Å². The van der Waals surface area contributed by atoms with Gasteiger partial charge in [-0.1, -0.05) is 13.8 Å². The maximum absolute atomic E-state index is 5.11. The highest BCUT2D eigenvalue weighted by molar-refractivity contribution is 4.89. The Morgan fingerprint density at radius 3 is 2.94 bits per heavy atom. The molecular formula is C13H26N4O. The van der Waals surface area contributed by atoms with E-state index in [0.717, 1.165) is 51.2 Å². The Morgan fingerprint density at radius 2 is 2.28 bits per heavy atom. The lowest BCUT2D eigenvalue weighted by atomic mass is 10.1. The quantitative estimate of drug-likeness (QED) is 0.645. The second kappa shape index (κ2) is 9.05. The first-order valence-electron chi connectivity index (χ1n) is 6.90. The summed E-state index contributed by atoms with van der Waals surface area (Å²) in [6.45, 7) is 7.06. The summed E-state index contributed by atoms with van der Waals surface area (Å²) in [5, 5.41) is 7.78. The van der Waals surface area contributed by atoms with Gasteiger partial charge in [-0.3, -0.25) is 4.68 Å². The predicted molar refractivity (Wildman–Crippen MR) is 72.6 cm³/mol. The zero-order valence-corrected chi connectivity index (χ0v) is 11.9. The summed E-state index contributed by atoms with van der Waals surface area (Å²) in [6, 6.07) is 0.463. The molecule has 1 N–H and O–H groups in total. The normalized spacial score (nSPS) is 12.8. The van der Waals surface area contributed by atoms with Crippen molar-refractivity contribution in [3.8, 4) is 0 Å². The number of nitrogens with zero attached hydrogens (tertiary/aromatic N) is 3. The van der Waals surface area contributed by atoms with Crippen LogP contribution in [0, 0.1) is 0 Å². The molecule has 0 aliphatic heterocycles. The molecule has 18 heavy (non-hydrogen) atoms. The molecular weight excluding hydrogens is 228 g/mol. The standard InChI is InChI=1S/C13H26N4O/c1-4-8-17-13(15-11-16-17)10-12(14-5-2)7-6-9-18-3/h11-12,14H,4-10H2,1-3H3. The van der Waals surface area contributed by atoms with Crippen LogP contribution in [0.3, 0.4) is 0 Å². The Morgan fingerprint density at radius 1 is 1.44 bits per heavy atom. The average Bonchev–Trinajstić information content (AvgIpc) is 2.78. The molecule has 1 aromatic heterocycles. The van der Waals surface area contributed by atoms with E-state index < -0.39 is 0 Å². The summed E-state index contributed by atoms with van der Waals surface area (Å²) in [7, 11) is 1.75. The van der Waals surface area contributed by atoms with E-state index >= 15 is 0 Å². The minimum atomic E-state index is 0.463. The van der Waals surface area contributed by atoms with Gasteiger partial charge in [0.2, 0.25) is 0 Å². The van der Waals surface area contributed by atoms with E-state index in [4.69, 9.17) is 4.74 Å². The van der Waals surface area contributed by atoms with Crippen molar-refractivity contribution in [2.24, 2.45) is 0 Å². The molecule has 1 unspecified atom stereocenters. The smallest absolute Gasteiger partial charge is 0.138 e. The summed E-state index contributed by atoms with van der Waals surface area (Å²) in [5.74, 6) is 1.08. The van der Waals surface area contributed by atoms with Crippen molar-refractivity contribution in [1.29, 1.82) is 0 Å². The lowest BCUT2D eigenvalue weighted by Crippen LogP contribution is -2.32. The van der Waals surface area contributed by atoms with Gasteiger partial charge < -0.3 is 10.1 Å². The topological polar surface area (TPSA) is 52.0 Å². The van der Waals surface area contributed by atoms with Crippen molar-refractivity contribution in [3.63, 3.8) is 0 Å². The number of rotatable bonds is 10. The summed E-state index contributed by atoms with van der Waals surface area (Å²) in [6.07, 6.45) is 5.88. The molecule has 5 nitrogen and oxygen atoms in total. The SMILES string of the molecule is CCCn1ncnc1CC(CCCOC)NCC. The molecule has 0 saturated carbocycles. The maximum atomic E-state index is 5.11. The number of methoxy groups -OCH3 is 1. The molecule has 0 fully saturated rings. The number of aromatic nitrogens is 3. The van der Waals surface area contributed by atoms with E-state index in [0.29, 0.717) is 6.04 Å². The van der Waals surface area contributed by atoms with Crippen LogP contribution < -0.4 is 5.32 Å². The Balaban J connectivity index is 2.50. The fraction of sp³-hybridized carbons (Fsp3) is 0.846. The molecule has 1 rings (SSSR count). The Kier molecular flexibility index (Phi) is 7.60. The van der Waals surface area contributed by atoms with Crippen molar-refractivity contribution in [1.82, 2.24) is 20.1 Å². The lowest BCUT2D eigenvalue weighted by Gasteiger charge is -2.17. The van der Waals surface area contributed by atoms with Gasteiger partial charge in [0.05, 0.1) is 0 Å². The molecule has 0 amide bonds. The van der Waals surface area contributed by atoms with Crippen LogP contribution in [0.25, 0.3) is 0 Å². The number of hydrogen-bond donors (Lipinski definition) is 1. The molecule has 0 aromatic carbocycles. The molecule has 104 valence electrons. The monoisotopic (exact) mass is 254 g/mol. The Bertz CT molecular complexity index is 314. The molecule has 0 radical (unpaired) electrons. The minimum Gasteiger partial charge on any atom is -0.385 e. The highest BCUT2D eigenvalue weighted by atomic mass is 16.5. The summed E-state index contributed by atoms with van der Waals surface area (Å²) in [5.41, 5.74) is 0. The van der Waals surface area contributed by atoms with Gasteiger partial charge in [0.1, 0.15) is 12.2 Å². The highest BCUT2D eigenvalue weighted by Crippen LogP contribution is 2.06. The van der Waals surface area contributed by atoms with Gasteiger partial charge in [-0.05, 0) is 25.8 Å². The van der Waals surface area contributed by atoms with Crippen molar-refractivity contribution in [3.05, 3.63) is 12.2 Å². The van der Waals surface area contributed by atoms with E-state index in [9.17, 15) is 0 Å². The average molecular weight is 254 g/mol. The fourth-order valence-corrected chi connectivity index (χ4v) is 2.10. The molecule has 0 aliphatic carbocycles. The molecule has 0 spiro atoms. The largest absolute Gasteiger partial charge is 0.385 e. The van der Waals surface area contributed by atoms with Gasteiger partial charge >= 0.3 is 0 Å². The number of nitrogens with one attached hydrogen (secondary N) is 1. The number of hydrogen-bond acceptors (Lipinski definition) is 4.